The molecule has 1 unspecified atom stereocenters. The number of benzene rings is 1. The van der Waals surface area contributed by atoms with E-state index >= 15 is 0 Å². The van der Waals surface area contributed by atoms with Gasteiger partial charge in [-0.2, -0.15) is 0 Å². The number of hydrogen-bond donors (Lipinski definition) is 1. The number of nitrogens with zero attached hydrogens (tertiary/aromatic N) is 2. The molecule has 28 heavy (non-hydrogen) atoms. The molecule has 2 heterocycles. The van der Waals surface area contributed by atoms with Crippen molar-refractivity contribution in [3.8, 4) is 0 Å². The van der Waals surface area contributed by atoms with Gasteiger partial charge in [0.1, 0.15) is 4.88 Å². The van der Waals surface area contributed by atoms with Gasteiger partial charge >= 0.3 is 0 Å². The maximum Gasteiger partial charge on any atom is 0.263 e. The van der Waals surface area contributed by atoms with Crippen LogP contribution in [0.2, 0.25) is 5.02 Å². The van der Waals surface area contributed by atoms with Gasteiger partial charge in [-0.1, -0.05) is 44.5 Å². The Hall–Kier alpha value is -1.47. The molecule has 1 atom stereocenters. The minimum atomic E-state index is -0.0619. The van der Waals surface area contributed by atoms with E-state index in [0.717, 1.165) is 29.4 Å². The monoisotopic (exact) mass is 421 g/mol. The van der Waals surface area contributed by atoms with Gasteiger partial charge in [-0.05, 0) is 24.6 Å². The van der Waals surface area contributed by atoms with Crippen molar-refractivity contribution < 1.29 is 9.53 Å². The third-order valence-corrected chi connectivity index (χ3v) is 6.68. The quantitative estimate of drug-likeness (QED) is 0.785. The Balaban J connectivity index is 1.75. The van der Waals surface area contributed by atoms with Gasteiger partial charge in [-0.3, -0.25) is 9.69 Å². The fourth-order valence-electron chi connectivity index (χ4n) is 3.23. The van der Waals surface area contributed by atoms with E-state index in [2.05, 4.69) is 36.0 Å². The smallest absolute Gasteiger partial charge is 0.263 e. The molecule has 1 aliphatic heterocycles. The Morgan fingerprint density at radius 3 is 2.50 bits per heavy atom. The van der Waals surface area contributed by atoms with Crippen LogP contribution in [0.1, 0.15) is 52.7 Å². The van der Waals surface area contributed by atoms with Crippen LogP contribution in [-0.4, -0.2) is 48.6 Å². The Bertz CT molecular complexity index is 808. The standard InChI is InChI=1S/C21H28ClN3O2S/c1-14-18(28-20(24-14)21(2,3)4)19(26)23-13-17(25-9-11-27-12-10-25)15-5-7-16(22)8-6-15/h5-8,17H,9-13H2,1-4H3,(H,23,26). The highest BCUT2D eigenvalue weighted by molar-refractivity contribution is 7.14. The topological polar surface area (TPSA) is 54.5 Å². The normalized spacial score (nSPS) is 16.8. The molecule has 0 saturated carbocycles. The maximum absolute atomic E-state index is 12.9. The molecule has 1 aliphatic rings. The third-order valence-electron chi connectivity index (χ3n) is 4.84. The summed E-state index contributed by atoms with van der Waals surface area (Å²) in [4.78, 5) is 20.5. The van der Waals surface area contributed by atoms with Crippen molar-refractivity contribution in [2.75, 3.05) is 32.8 Å². The van der Waals surface area contributed by atoms with Crippen molar-refractivity contribution in [2.24, 2.45) is 0 Å². The molecule has 0 spiro atoms. The SMILES string of the molecule is Cc1nc(C(C)(C)C)sc1C(=O)NCC(c1ccc(Cl)cc1)N1CCOCC1. The highest BCUT2D eigenvalue weighted by atomic mass is 35.5. The van der Waals surface area contributed by atoms with Crippen molar-refractivity contribution in [2.45, 2.75) is 39.2 Å². The van der Waals surface area contributed by atoms with E-state index in [0.29, 0.717) is 29.7 Å². The molecule has 0 bridgehead atoms. The van der Waals surface area contributed by atoms with E-state index in [9.17, 15) is 4.79 Å². The minimum Gasteiger partial charge on any atom is -0.379 e. The maximum atomic E-state index is 12.9. The van der Waals surface area contributed by atoms with Crippen LogP contribution in [0.25, 0.3) is 0 Å². The summed E-state index contributed by atoms with van der Waals surface area (Å²) in [6.07, 6.45) is 0. The van der Waals surface area contributed by atoms with Crippen LogP contribution >= 0.6 is 22.9 Å². The number of carbonyl (C=O) groups is 1. The fraction of sp³-hybridized carbons (Fsp3) is 0.524. The zero-order chi connectivity index (χ0) is 20.3. The van der Waals surface area contributed by atoms with Crippen molar-refractivity contribution >= 4 is 28.8 Å². The highest BCUT2D eigenvalue weighted by Crippen LogP contribution is 2.29. The van der Waals surface area contributed by atoms with E-state index in [1.165, 1.54) is 11.3 Å². The van der Waals surface area contributed by atoms with Gasteiger partial charge in [0.15, 0.2) is 0 Å². The lowest BCUT2D eigenvalue weighted by molar-refractivity contribution is 0.0162. The number of morpholine rings is 1. The number of carbonyl (C=O) groups excluding carboxylic acids is 1. The number of nitrogens with one attached hydrogen (secondary N) is 1. The number of thiazole rings is 1. The molecule has 1 N–H and O–H groups in total. The summed E-state index contributed by atoms with van der Waals surface area (Å²) in [7, 11) is 0. The summed E-state index contributed by atoms with van der Waals surface area (Å²) >= 11 is 7.54. The lowest BCUT2D eigenvalue weighted by Gasteiger charge is -2.35. The van der Waals surface area contributed by atoms with Crippen LogP contribution in [-0.2, 0) is 10.2 Å². The second-order valence-corrected chi connectivity index (χ2v) is 9.54. The average molecular weight is 422 g/mol. The highest BCUT2D eigenvalue weighted by Gasteiger charge is 2.26. The van der Waals surface area contributed by atoms with Crippen molar-refractivity contribution in [3.05, 3.63) is 50.4 Å². The first-order valence-electron chi connectivity index (χ1n) is 9.59. The van der Waals surface area contributed by atoms with E-state index in [1.807, 2.05) is 31.2 Å². The van der Waals surface area contributed by atoms with Crippen LogP contribution in [0.3, 0.4) is 0 Å². The molecule has 7 heteroatoms. The Labute approximate surface area is 176 Å². The summed E-state index contributed by atoms with van der Waals surface area (Å²) < 4.78 is 5.49. The van der Waals surface area contributed by atoms with Gasteiger partial charge < -0.3 is 10.1 Å². The Morgan fingerprint density at radius 1 is 1.29 bits per heavy atom. The van der Waals surface area contributed by atoms with E-state index in [-0.39, 0.29) is 17.4 Å². The summed E-state index contributed by atoms with van der Waals surface area (Å²) in [6, 6.07) is 7.94. The first-order valence-corrected chi connectivity index (χ1v) is 10.8. The lowest BCUT2D eigenvalue weighted by atomic mass is 9.98. The molecule has 1 aromatic carbocycles. The number of aromatic nitrogens is 1. The molecule has 0 aliphatic carbocycles. The van der Waals surface area contributed by atoms with Gasteiger partial charge in [-0.15, -0.1) is 11.3 Å². The van der Waals surface area contributed by atoms with E-state index < -0.39 is 0 Å². The van der Waals surface area contributed by atoms with E-state index in [1.54, 1.807) is 0 Å². The van der Waals surface area contributed by atoms with Crippen LogP contribution in [0.5, 0.6) is 0 Å². The van der Waals surface area contributed by atoms with Gasteiger partial charge in [-0.25, -0.2) is 4.98 Å². The Kier molecular flexibility index (Phi) is 6.76. The summed E-state index contributed by atoms with van der Waals surface area (Å²) in [5.41, 5.74) is 1.87. The molecule has 2 aromatic rings. The number of amides is 1. The number of hydrogen-bond acceptors (Lipinski definition) is 5. The lowest BCUT2D eigenvalue weighted by Crippen LogP contribution is -2.43. The van der Waals surface area contributed by atoms with Crippen LogP contribution < -0.4 is 5.32 Å². The second-order valence-electron chi connectivity index (χ2n) is 8.11. The zero-order valence-corrected chi connectivity index (χ0v) is 18.5. The summed E-state index contributed by atoms with van der Waals surface area (Å²) in [5.74, 6) is -0.0577. The zero-order valence-electron chi connectivity index (χ0n) is 16.9. The number of halogens is 1. The molecular weight excluding hydrogens is 394 g/mol. The van der Waals surface area contributed by atoms with Crippen LogP contribution in [0.4, 0.5) is 0 Å². The van der Waals surface area contributed by atoms with Crippen molar-refractivity contribution in [1.82, 2.24) is 15.2 Å². The van der Waals surface area contributed by atoms with Gasteiger partial charge in [0.25, 0.3) is 5.91 Å². The molecule has 0 radical (unpaired) electrons. The first kappa shape index (κ1) is 21.2. The fourth-order valence-corrected chi connectivity index (χ4v) is 4.40. The van der Waals surface area contributed by atoms with Gasteiger partial charge in [0, 0.05) is 30.1 Å². The van der Waals surface area contributed by atoms with Crippen LogP contribution in [0, 0.1) is 6.92 Å². The number of rotatable bonds is 5. The number of ether oxygens (including phenoxy) is 1. The largest absolute Gasteiger partial charge is 0.379 e. The minimum absolute atomic E-state index is 0.0577. The van der Waals surface area contributed by atoms with E-state index in [4.69, 9.17) is 16.3 Å². The molecule has 152 valence electrons. The van der Waals surface area contributed by atoms with Crippen molar-refractivity contribution in [1.29, 1.82) is 0 Å². The van der Waals surface area contributed by atoms with Crippen LogP contribution in [0.15, 0.2) is 24.3 Å². The molecule has 1 aromatic heterocycles. The van der Waals surface area contributed by atoms with Gasteiger partial charge in [0.2, 0.25) is 0 Å². The molecule has 5 nitrogen and oxygen atoms in total. The average Bonchev–Trinajstić information content (AvgIpc) is 3.06. The molecule has 1 fully saturated rings. The second kappa shape index (κ2) is 8.91. The van der Waals surface area contributed by atoms with Gasteiger partial charge in [0.05, 0.1) is 30.0 Å². The predicted octanol–water partition coefficient (Wildman–Crippen LogP) is 4.21. The summed E-state index contributed by atoms with van der Waals surface area (Å²) in [6.45, 7) is 11.9. The molecule has 1 saturated heterocycles. The summed E-state index contributed by atoms with van der Waals surface area (Å²) in [5, 5.41) is 4.83. The number of aryl methyl sites for hydroxylation is 1. The Morgan fingerprint density at radius 2 is 1.93 bits per heavy atom. The molecular formula is C21H28ClN3O2S. The molecule has 1 amide bonds. The van der Waals surface area contributed by atoms with Crippen molar-refractivity contribution in [3.63, 3.8) is 0 Å². The predicted molar refractivity (Wildman–Crippen MR) is 114 cm³/mol. The molecule has 3 rings (SSSR count). The first-order chi connectivity index (χ1) is 13.3. The third kappa shape index (κ3) is 5.11.